The summed E-state index contributed by atoms with van der Waals surface area (Å²) in [5.41, 5.74) is 0.452. The summed E-state index contributed by atoms with van der Waals surface area (Å²) in [5.74, 6) is 1.00. The van der Waals surface area contributed by atoms with Crippen LogP contribution < -0.4 is 5.32 Å². The number of hydrogen-bond donors (Lipinski definition) is 1. The molecule has 0 bridgehead atoms. The number of hydrogen-bond acceptors (Lipinski definition) is 1. The summed E-state index contributed by atoms with van der Waals surface area (Å²) in [6.07, 6.45) is 1.23. The van der Waals surface area contributed by atoms with E-state index in [2.05, 4.69) is 24.1 Å². The van der Waals surface area contributed by atoms with Gasteiger partial charge in [0, 0.05) is 13.1 Å². The zero-order valence-electron chi connectivity index (χ0n) is 10.8. The minimum Gasteiger partial charge on any atom is -0.348 e. The smallest absolute Gasteiger partial charge is 0.173 e. The van der Waals surface area contributed by atoms with E-state index in [4.69, 9.17) is 12.2 Å². The highest BCUT2D eigenvalue weighted by Gasteiger charge is 2.23. The second-order valence-electron chi connectivity index (χ2n) is 5.26. The molecule has 1 aliphatic rings. The fourth-order valence-electron chi connectivity index (χ4n) is 2.59. The van der Waals surface area contributed by atoms with Crippen LogP contribution in [0.5, 0.6) is 0 Å². The third-order valence-electron chi connectivity index (χ3n) is 3.27. The molecule has 1 saturated heterocycles. The van der Waals surface area contributed by atoms with Crippen molar-refractivity contribution in [2.24, 2.45) is 11.8 Å². The Hall–Kier alpha value is -1.16. The van der Waals surface area contributed by atoms with Gasteiger partial charge < -0.3 is 10.2 Å². The summed E-state index contributed by atoms with van der Waals surface area (Å²) >= 11 is 5.37. The largest absolute Gasteiger partial charge is 0.348 e. The van der Waals surface area contributed by atoms with Crippen molar-refractivity contribution < 1.29 is 4.39 Å². The van der Waals surface area contributed by atoms with E-state index in [9.17, 15) is 4.39 Å². The Kier molecular flexibility index (Phi) is 4.17. The van der Waals surface area contributed by atoms with Crippen molar-refractivity contribution in [3.05, 3.63) is 30.1 Å². The summed E-state index contributed by atoms with van der Waals surface area (Å²) in [4.78, 5) is 2.14. The SMILES string of the molecule is C[C@@H]1C[C@H](C)CN(C(=S)Nc2ccccc2F)C1. The molecule has 1 heterocycles. The quantitative estimate of drug-likeness (QED) is 0.783. The number of rotatable bonds is 1. The monoisotopic (exact) mass is 266 g/mol. The molecule has 2 atom stereocenters. The van der Waals surface area contributed by atoms with E-state index in [0.717, 1.165) is 13.1 Å². The maximum atomic E-state index is 13.5. The van der Waals surface area contributed by atoms with Crippen LogP contribution >= 0.6 is 12.2 Å². The molecule has 1 fully saturated rings. The van der Waals surface area contributed by atoms with Gasteiger partial charge in [-0.25, -0.2) is 4.39 Å². The molecule has 0 aromatic heterocycles. The van der Waals surface area contributed by atoms with Crippen LogP contribution in [0.2, 0.25) is 0 Å². The lowest BCUT2D eigenvalue weighted by atomic mass is 9.92. The number of nitrogens with one attached hydrogen (secondary N) is 1. The van der Waals surface area contributed by atoms with Crippen molar-refractivity contribution in [1.82, 2.24) is 4.90 Å². The first-order valence-electron chi connectivity index (χ1n) is 6.36. The lowest BCUT2D eigenvalue weighted by Gasteiger charge is -2.36. The van der Waals surface area contributed by atoms with Gasteiger partial charge in [0.25, 0.3) is 0 Å². The third kappa shape index (κ3) is 3.19. The number of halogens is 1. The zero-order chi connectivity index (χ0) is 13.1. The van der Waals surface area contributed by atoms with Gasteiger partial charge in [-0.1, -0.05) is 26.0 Å². The molecule has 0 amide bonds. The van der Waals surface area contributed by atoms with E-state index in [-0.39, 0.29) is 5.82 Å². The number of para-hydroxylation sites is 1. The highest BCUT2D eigenvalue weighted by Crippen LogP contribution is 2.22. The molecule has 4 heteroatoms. The number of thiocarbonyl (C=S) groups is 1. The minimum atomic E-state index is -0.266. The average Bonchev–Trinajstić information content (AvgIpc) is 2.31. The number of likely N-dealkylation sites (tertiary alicyclic amines) is 1. The van der Waals surface area contributed by atoms with Crippen molar-refractivity contribution >= 4 is 23.0 Å². The van der Waals surface area contributed by atoms with Gasteiger partial charge in [0.1, 0.15) is 5.82 Å². The molecule has 0 unspecified atom stereocenters. The van der Waals surface area contributed by atoms with Gasteiger partial charge in [-0.15, -0.1) is 0 Å². The maximum Gasteiger partial charge on any atom is 0.173 e. The van der Waals surface area contributed by atoms with Crippen molar-refractivity contribution in [3.8, 4) is 0 Å². The first kappa shape index (κ1) is 13.3. The van der Waals surface area contributed by atoms with Crippen LogP contribution in [0.4, 0.5) is 10.1 Å². The molecule has 0 saturated carbocycles. The molecule has 98 valence electrons. The normalized spacial score (nSPS) is 23.8. The van der Waals surface area contributed by atoms with Gasteiger partial charge in [0.05, 0.1) is 5.69 Å². The Morgan fingerprint density at radius 3 is 2.50 bits per heavy atom. The summed E-state index contributed by atoms with van der Waals surface area (Å²) in [6.45, 7) is 6.36. The van der Waals surface area contributed by atoms with Crippen LogP contribution in [0.1, 0.15) is 20.3 Å². The summed E-state index contributed by atoms with van der Waals surface area (Å²) in [5, 5.41) is 3.63. The van der Waals surface area contributed by atoms with Crippen molar-refractivity contribution in [1.29, 1.82) is 0 Å². The maximum absolute atomic E-state index is 13.5. The van der Waals surface area contributed by atoms with Crippen LogP contribution in [-0.2, 0) is 0 Å². The summed E-state index contributed by atoms with van der Waals surface area (Å²) < 4.78 is 13.5. The Morgan fingerprint density at radius 2 is 1.89 bits per heavy atom. The highest BCUT2D eigenvalue weighted by molar-refractivity contribution is 7.80. The van der Waals surface area contributed by atoms with Gasteiger partial charge in [0.15, 0.2) is 5.11 Å². The highest BCUT2D eigenvalue weighted by atomic mass is 32.1. The fraction of sp³-hybridized carbons (Fsp3) is 0.500. The van der Waals surface area contributed by atoms with Crippen LogP contribution in [0.3, 0.4) is 0 Å². The standard InChI is InChI=1S/C14H19FN2S/c1-10-7-11(2)9-17(8-10)14(18)16-13-6-4-3-5-12(13)15/h3-6,10-11H,7-9H2,1-2H3,(H,16,18)/t10-,11+. The molecule has 1 aromatic rings. The molecule has 18 heavy (non-hydrogen) atoms. The topological polar surface area (TPSA) is 15.3 Å². The Morgan fingerprint density at radius 1 is 1.28 bits per heavy atom. The van der Waals surface area contributed by atoms with Crippen molar-refractivity contribution in [2.75, 3.05) is 18.4 Å². The molecule has 0 aliphatic carbocycles. The number of piperidine rings is 1. The summed E-state index contributed by atoms with van der Waals surface area (Å²) in [6, 6.07) is 6.62. The van der Waals surface area contributed by atoms with Crippen molar-refractivity contribution in [3.63, 3.8) is 0 Å². The molecule has 2 nitrogen and oxygen atoms in total. The van der Waals surface area contributed by atoms with E-state index in [1.54, 1.807) is 18.2 Å². The number of benzene rings is 1. The van der Waals surface area contributed by atoms with Gasteiger partial charge >= 0.3 is 0 Å². The first-order chi connectivity index (χ1) is 8.56. The van der Waals surface area contributed by atoms with Crippen molar-refractivity contribution in [2.45, 2.75) is 20.3 Å². The number of nitrogens with zero attached hydrogens (tertiary/aromatic N) is 1. The van der Waals surface area contributed by atoms with Gasteiger partial charge in [-0.3, -0.25) is 0 Å². The minimum absolute atomic E-state index is 0.266. The van der Waals surface area contributed by atoms with Crippen LogP contribution in [0.25, 0.3) is 0 Å². The molecular weight excluding hydrogens is 247 g/mol. The van der Waals surface area contributed by atoms with E-state index in [1.165, 1.54) is 12.5 Å². The van der Waals surface area contributed by atoms with E-state index >= 15 is 0 Å². The Balaban J connectivity index is 2.02. The fourth-order valence-corrected chi connectivity index (χ4v) is 2.84. The van der Waals surface area contributed by atoms with Gasteiger partial charge in [-0.2, -0.15) is 0 Å². The van der Waals surface area contributed by atoms with Crippen LogP contribution in [0, 0.1) is 17.7 Å². The van der Waals surface area contributed by atoms with Gasteiger partial charge in [-0.05, 0) is 42.6 Å². The van der Waals surface area contributed by atoms with E-state index in [0.29, 0.717) is 22.6 Å². The molecule has 1 N–H and O–H groups in total. The van der Waals surface area contributed by atoms with Crippen LogP contribution in [0.15, 0.2) is 24.3 Å². The van der Waals surface area contributed by atoms with E-state index < -0.39 is 0 Å². The second kappa shape index (κ2) is 5.65. The Labute approximate surface area is 113 Å². The van der Waals surface area contributed by atoms with Gasteiger partial charge in [0.2, 0.25) is 0 Å². The van der Waals surface area contributed by atoms with Crippen LogP contribution in [-0.4, -0.2) is 23.1 Å². The Bertz CT molecular complexity index is 426. The lowest BCUT2D eigenvalue weighted by Crippen LogP contribution is -2.44. The molecule has 1 aromatic carbocycles. The predicted molar refractivity (Wildman–Crippen MR) is 77.1 cm³/mol. The third-order valence-corrected chi connectivity index (χ3v) is 3.63. The molecular formula is C14H19FN2S. The number of anilines is 1. The molecule has 0 radical (unpaired) electrons. The summed E-state index contributed by atoms with van der Waals surface area (Å²) in [7, 11) is 0. The lowest BCUT2D eigenvalue weighted by molar-refractivity contribution is 0.216. The molecule has 1 aliphatic heterocycles. The molecule has 2 rings (SSSR count). The first-order valence-corrected chi connectivity index (χ1v) is 6.77. The molecule has 0 spiro atoms. The average molecular weight is 266 g/mol. The zero-order valence-corrected chi connectivity index (χ0v) is 11.6. The van der Waals surface area contributed by atoms with E-state index in [1.807, 2.05) is 0 Å². The predicted octanol–water partition coefficient (Wildman–Crippen LogP) is 3.50. The second-order valence-corrected chi connectivity index (χ2v) is 5.65.